The molecule has 1 N–H and O–H groups in total. The summed E-state index contributed by atoms with van der Waals surface area (Å²) in [6.07, 6.45) is 2.38. The Balaban J connectivity index is 1.23. The van der Waals surface area contributed by atoms with Crippen molar-refractivity contribution in [1.29, 1.82) is 0 Å². The summed E-state index contributed by atoms with van der Waals surface area (Å²) in [5.74, 6) is -1.28. The van der Waals surface area contributed by atoms with Gasteiger partial charge in [-0.1, -0.05) is 78.3 Å². The van der Waals surface area contributed by atoms with Crippen molar-refractivity contribution < 1.29 is 22.7 Å². The van der Waals surface area contributed by atoms with Crippen LogP contribution in [0.25, 0.3) is 10.9 Å². The fourth-order valence-corrected chi connectivity index (χ4v) is 7.07. The van der Waals surface area contributed by atoms with Crippen LogP contribution in [0.3, 0.4) is 0 Å². The fraction of sp³-hybridized carbons (Fsp3) is 0.312. The van der Waals surface area contributed by atoms with Gasteiger partial charge in [0.05, 0.1) is 11.3 Å². The SMILES string of the molecule is O=C(NS(=O)(=O)C[C@H]1CCCN(C(=O)OCc2ccccc2)C1)c1cc2c(Cl)cccc2n1CCCc1ccccc1. The van der Waals surface area contributed by atoms with Gasteiger partial charge in [0.2, 0.25) is 10.0 Å². The van der Waals surface area contributed by atoms with Gasteiger partial charge in [-0.3, -0.25) is 4.79 Å². The van der Waals surface area contributed by atoms with Crippen LogP contribution in [0, 0.1) is 5.92 Å². The molecule has 1 aromatic heterocycles. The third-order valence-electron chi connectivity index (χ3n) is 7.50. The van der Waals surface area contributed by atoms with Gasteiger partial charge in [-0.25, -0.2) is 17.9 Å². The van der Waals surface area contributed by atoms with E-state index in [1.807, 2.05) is 65.2 Å². The first kappa shape index (κ1) is 29.7. The summed E-state index contributed by atoms with van der Waals surface area (Å²) in [7, 11) is -3.99. The summed E-state index contributed by atoms with van der Waals surface area (Å²) in [4.78, 5) is 27.6. The summed E-state index contributed by atoms with van der Waals surface area (Å²) >= 11 is 6.43. The van der Waals surface area contributed by atoms with E-state index in [0.717, 1.165) is 23.9 Å². The molecule has 0 aliphatic carbocycles. The van der Waals surface area contributed by atoms with Crippen LogP contribution in [0.4, 0.5) is 4.79 Å². The molecule has 1 fully saturated rings. The Kier molecular flexibility index (Phi) is 9.49. The molecule has 0 bridgehead atoms. The second kappa shape index (κ2) is 13.4. The van der Waals surface area contributed by atoms with Gasteiger partial charge >= 0.3 is 6.09 Å². The zero-order chi connectivity index (χ0) is 29.5. The van der Waals surface area contributed by atoms with E-state index >= 15 is 0 Å². The van der Waals surface area contributed by atoms with Crippen molar-refractivity contribution in [2.45, 2.75) is 38.8 Å². The van der Waals surface area contributed by atoms with Gasteiger partial charge in [0.15, 0.2) is 0 Å². The number of hydrogen-bond donors (Lipinski definition) is 1. The Morgan fingerprint density at radius 3 is 2.40 bits per heavy atom. The molecule has 0 unspecified atom stereocenters. The molecule has 3 aromatic carbocycles. The van der Waals surface area contributed by atoms with Gasteiger partial charge in [-0.2, -0.15) is 0 Å². The van der Waals surface area contributed by atoms with E-state index in [9.17, 15) is 18.0 Å². The van der Waals surface area contributed by atoms with Crippen LogP contribution in [0.5, 0.6) is 0 Å². The molecule has 42 heavy (non-hydrogen) atoms. The second-order valence-electron chi connectivity index (χ2n) is 10.7. The highest BCUT2D eigenvalue weighted by molar-refractivity contribution is 7.90. The van der Waals surface area contributed by atoms with Crippen molar-refractivity contribution >= 4 is 44.5 Å². The lowest BCUT2D eigenvalue weighted by Crippen LogP contribution is -2.44. The highest BCUT2D eigenvalue weighted by Gasteiger charge is 2.30. The van der Waals surface area contributed by atoms with E-state index in [4.69, 9.17) is 16.3 Å². The molecule has 0 radical (unpaired) electrons. The molecule has 0 saturated carbocycles. The Bertz CT molecular complexity index is 1640. The average Bonchev–Trinajstić information content (AvgIpc) is 3.37. The van der Waals surface area contributed by atoms with Crippen LogP contribution < -0.4 is 4.72 Å². The van der Waals surface area contributed by atoms with E-state index in [1.54, 1.807) is 17.0 Å². The molecule has 5 rings (SSSR count). The number of piperidine rings is 1. The number of carbonyl (C=O) groups is 2. The lowest BCUT2D eigenvalue weighted by Gasteiger charge is -2.31. The van der Waals surface area contributed by atoms with Crippen LogP contribution in [-0.2, 0) is 34.3 Å². The number of carbonyl (C=O) groups excluding carboxylic acids is 2. The Morgan fingerprint density at radius 2 is 1.67 bits per heavy atom. The lowest BCUT2D eigenvalue weighted by molar-refractivity contribution is 0.0811. The van der Waals surface area contributed by atoms with Crippen LogP contribution in [-0.4, -0.2) is 48.7 Å². The molecule has 1 saturated heterocycles. The Morgan fingerprint density at radius 1 is 0.952 bits per heavy atom. The topological polar surface area (TPSA) is 97.7 Å². The summed E-state index contributed by atoms with van der Waals surface area (Å²) in [5.41, 5.74) is 3.08. The van der Waals surface area contributed by atoms with Crippen LogP contribution >= 0.6 is 11.6 Å². The first-order valence-electron chi connectivity index (χ1n) is 14.1. The molecule has 0 spiro atoms. The molecule has 1 aliphatic rings. The number of nitrogens with zero attached hydrogens (tertiary/aromatic N) is 2. The van der Waals surface area contributed by atoms with Crippen molar-refractivity contribution in [3.63, 3.8) is 0 Å². The molecule has 220 valence electrons. The minimum Gasteiger partial charge on any atom is -0.445 e. The van der Waals surface area contributed by atoms with Gasteiger partial charge in [-0.15, -0.1) is 0 Å². The standard InChI is InChI=1S/C32H34ClN3O5S/c33-28-16-7-17-29-27(28)20-30(36(29)19-9-14-24-10-3-1-4-11-24)31(37)34-42(39,40)23-26-15-8-18-35(21-26)32(38)41-22-25-12-5-2-6-13-25/h1-7,10-13,16-17,20,26H,8-9,14-15,18-19,21-23H2,(H,34,37)/t26-/m0/s1. The predicted molar refractivity (Wildman–Crippen MR) is 164 cm³/mol. The maximum absolute atomic E-state index is 13.4. The number of sulfonamides is 1. The number of hydrogen-bond acceptors (Lipinski definition) is 5. The number of rotatable bonds is 10. The smallest absolute Gasteiger partial charge is 0.410 e. The number of benzene rings is 3. The molecule has 2 heterocycles. The molecule has 10 heteroatoms. The maximum Gasteiger partial charge on any atom is 0.410 e. The third-order valence-corrected chi connectivity index (χ3v) is 9.24. The van der Waals surface area contributed by atoms with E-state index in [1.165, 1.54) is 5.56 Å². The van der Waals surface area contributed by atoms with Crippen molar-refractivity contribution in [2.24, 2.45) is 5.92 Å². The molecular weight excluding hydrogens is 574 g/mol. The number of aromatic nitrogens is 1. The van der Waals surface area contributed by atoms with Crippen LogP contribution in [0.15, 0.2) is 84.9 Å². The van der Waals surface area contributed by atoms with E-state index in [2.05, 4.69) is 16.9 Å². The zero-order valence-corrected chi connectivity index (χ0v) is 24.8. The van der Waals surface area contributed by atoms with Crippen molar-refractivity contribution in [2.75, 3.05) is 18.8 Å². The van der Waals surface area contributed by atoms with Crippen molar-refractivity contribution in [3.05, 3.63) is 107 Å². The number of likely N-dealkylation sites (tertiary alicyclic amines) is 1. The van der Waals surface area contributed by atoms with Gasteiger partial charge < -0.3 is 14.2 Å². The summed E-state index contributed by atoms with van der Waals surface area (Å²) < 4.78 is 35.9. The van der Waals surface area contributed by atoms with Gasteiger partial charge in [-0.05, 0) is 60.9 Å². The van der Waals surface area contributed by atoms with Crippen LogP contribution in [0.1, 0.15) is 40.9 Å². The third kappa shape index (κ3) is 7.52. The van der Waals surface area contributed by atoms with E-state index in [-0.39, 0.29) is 30.5 Å². The molecule has 2 amide bonds. The number of ether oxygens (including phenoxy) is 1. The van der Waals surface area contributed by atoms with Crippen LogP contribution in [0.2, 0.25) is 5.02 Å². The van der Waals surface area contributed by atoms with E-state index < -0.39 is 22.0 Å². The van der Waals surface area contributed by atoms with Crippen molar-refractivity contribution in [3.8, 4) is 0 Å². The lowest BCUT2D eigenvalue weighted by atomic mass is 10.0. The molecule has 4 aromatic rings. The molecule has 1 aliphatic heterocycles. The van der Waals surface area contributed by atoms with E-state index in [0.29, 0.717) is 36.3 Å². The number of nitrogens with one attached hydrogen (secondary N) is 1. The minimum atomic E-state index is -3.99. The Labute approximate surface area is 251 Å². The highest BCUT2D eigenvalue weighted by Crippen LogP contribution is 2.28. The largest absolute Gasteiger partial charge is 0.445 e. The first-order valence-corrected chi connectivity index (χ1v) is 16.1. The fourth-order valence-electron chi connectivity index (χ4n) is 5.49. The highest BCUT2D eigenvalue weighted by atomic mass is 35.5. The maximum atomic E-state index is 13.4. The quantitative estimate of drug-likeness (QED) is 0.237. The Hall–Kier alpha value is -3.82. The van der Waals surface area contributed by atoms with Gasteiger partial charge in [0, 0.05) is 30.0 Å². The van der Waals surface area contributed by atoms with Crippen molar-refractivity contribution in [1.82, 2.24) is 14.2 Å². The monoisotopic (exact) mass is 607 g/mol. The number of fused-ring (bicyclic) bond motifs is 1. The summed E-state index contributed by atoms with van der Waals surface area (Å²) in [6, 6.07) is 26.5. The summed E-state index contributed by atoms with van der Waals surface area (Å²) in [6.45, 7) is 1.42. The second-order valence-corrected chi connectivity index (χ2v) is 12.8. The van der Waals surface area contributed by atoms with Gasteiger partial charge in [0.25, 0.3) is 5.91 Å². The first-order chi connectivity index (χ1) is 20.3. The minimum absolute atomic E-state index is 0.151. The zero-order valence-electron chi connectivity index (χ0n) is 23.2. The molecule has 1 atom stereocenters. The number of aryl methyl sites for hydroxylation is 2. The van der Waals surface area contributed by atoms with Gasteiger partial charge in [0.1, 0.15) is 12.3 Å². The summed E-state index contributed by atoms with van der Waals surface area (Å²) in [5, 5.41) is 1.19. The average molecular weight is 608 g/mol. The number of amides is 2. The number of halogens is 1. The predicted octanol–water partition coefficient (Wildman–Crippen LogP) is 6.04. The molecule has 8 nitrogen and oxygen atoms in total. The normalized spacial score (nSPS) is 15.5. The molecular formula is C32H34ClN3O5S.